The van der Waals surface area contributed by atoms with E-state index in [1.807, 2.05) is 37.4 Å². The van der Waals surface area contributed by atoms with Crippen molar-refractivity contribution in [2.45, 2.75) is 10.4 Å². The quantitative estimate of drug-likeness (QED) is 0.815. The van der Waals surface area contributed by atoms with Gasteiger partial charge in [-0.05, 0) is 5.56 Å². The van der Waals surface area contributed by atoms with Crippen molar-refractivity contribution in [1.82, 2.24) is 10.2 Å². The number of anilines is 1. The van der Waals surface area contributed by atoms with Crippen LogP contribution in [0, 0.1) is 0 Å². The zero-order valence-electron chi connectivity index (χ0n) is 9.33. The van der Waals surface area contributed by atoms with Crippen LogP contribution in [0.5, 0.6) is 0 Å². The van der Waals surface area contributed by atoms with Crippen molar-refractivity contribution in [2.75, 3.05) is 18.1 Å². The highest BCUT2D eigenvalue weighted by molar-refractivity contribution is 8.01. The lowest BCUT2D eigenvalue weighted by Crippen LogP contribution is -1.99. The first-order valence-corrected chi connectivity index (χ1v) is 6.97. The van der Waals surface area contributed by atoms with E-state index >= 15 is 0 Å². The van der Waals surface area contributed by atoms with Crippen LogP contribution < -0.4 is 5.32 Å². The summed E-state index contributed by atoms with van der Waals surface area (Å²) in [5, 5.41) is 21.6. The molecule has 1 heterocycles. The van der Waals surface area contributed by atoms with Crippen LogP contribution in [-0.2, 0) is 0 Å². The van der Waals surface area contributed by atoms with Gasteiger partial charge < -0.3 is 10.4 Å². The Labute approximate surface area is 108 Å². The summed E-state index contributed by atoms with van der Waals surface area (Å²) in [7, 11) is 1.81. The van der Waals surface area contributed by atoms with Crippen molar-refractivity contribution < 1.29 is 5.11 Å². The summed E-state index contributed by atoms with van der Waals surface area (Å²) >= 11 is 3.00. The van der Waals surface area contributed by atoms with Gasteiger partial charge in [-0.15, -0.1) is 10.2 Å². The molecule has 1 aromatic heterocycles. The minimum atomic E-state index is -0.469. The lowest BCUT2D eigenvalue weighted by Gasteiger charge is -2.08. The van der Waals surface area contributed by atoms with Crippen molar-refractivity contribution in [3.8, 4) is 0 Å². The van der Waals surface area contributed by atoms with Crippen LogP contribution in [0.15, 0.2) is 34.7 Å². The molecular weight excluding hydrogens is 254 g/mol. The molecule has 1 atom stereocenters. The third-order valence-corrected chi connectivity index (χ3v) is 4.32. The summed E-state index contributed by atoms with van der Waals surface area (Å²) < 4.78 is 0.865. The molecule has 0 amide bonds. The lowest BCUT2D eigenvalue weighted by atomic mass is 10.1. The van der Waals surface area contributed by atoms with Gasteiger partial charge in [0, 0.05) is 12.8 Å². The molecule has 0 radical (unpaired) electrons. The van der Waals surface area contributed by atoms with Crippen molar-refractivity contribution >= 4 is 28.2 Å². The highest BCUT2D eigenvalue weighted by atomic mass is 32.2. The van der Waals surface area contributed by atoms with E-state index in [9.17, 15) is 5.11 Å². The number of aromatic nitrogens is 2. The van der Waals surface area contributed by atoms with Crippen molar-refractivity contribution in [3.05, 3.63) is 35.9 Å². The van der Waals surface area contributed by atoms with Crippen LogP contribution in [-0.4, -0.2) is 28.1 Å². The molecule has 1 aromatic carbocycles. The summed E-state index contributed by atoms with van der Waals surface area (Å²) in [6.45, 7) is 0. The average Bonchev–Trinajstić information content (AvgIpc) is 2.85. The Kier molecular flexibility index (Phi) is 4.36. The summed E-state index contributed by atoms with van der Waals surface area (Å²) in [6.07, 6.45) is -0.469. The Balaban J connectivity index is 1.90. The predicted octanol–water partition coefficient (Wildman–Crippen LogP) is 2.41. The predicted molar refractivity (Wildman–Crippen MR) is 71.6 cm³/mol. The second-order valence-electron chi connectivity index (χ2n) is 3.36. The van der Waals surface area contributed by atoms with Gasteiger partial charge in [0.1, 0.15) is 0 Å². The molecule has 6 heteroatoms. The van der Waals surface area contributed by atoms with Gasteiger partial charge in [0.2, 0.25) is 5.13 Å². The number of nitrogens with zero attached hydrogens (tertiary/aromatic N) is 2. The molecule has 2 aromatic rings. The Morgan fingerprint density at radius 2 is 2.12 bits per heavy atom. The Morgan fingerprint density at radius 3 is 2.76 bits per heavy atom. The molecule has 0 saturated carbocycles. The summed E-state index contributed by atoms with van der Waals surface area (Å²) in [6, 6.07) is 9.63. The standard InChI is InChI=1S/C11H13N3OS2/c1-12-10-13-14-11(17-10)16-7-9(15)8-5-3-2-4-6-8/h2-6,9,15H,7H2,1H3,(H,12,13)/t9-/m0/s1. The molecular formula is C11H13N3OS2. The largest absolute Gasteiger partial charge is 0.388 e. The van der Waals surface area contributed by atoms with E-state index in [0.717, 1.165) is 15.0 Å². The zero-order valence-corrected chi connectivity index (χ0v) is 11.0. The molecule has 0 unspecified atom stereocenters. The van der Waals surface area contributed by atoms with Gasteiger partial charge in [-0.2, -0.15) is 0 Å². The van der Waals surface area contributed by atoms with Crippen LogP contribution >= 0.6 is 23.1 Å². The Hall–Kier alpha value is -1.11. The number of hydrogen-bond acceptors (Lipinski definition) is 6. The number of nitrogens with one attached hydrogen (secondary N) is 1. The number of hydrogen-bond donors (Lipinski definition) is 2. The fourth-order valence-electron chi connectivity index (χ4n) is 1.29. The van der Waals surface area contributed by atoms with Gasteiger partial charge in [0.15, 0.2) is 4.34 Å². The molecule has 0 spiro atoms. The van der Waals surface area contributed by atoms with E-state index < -0.39 is 6.10 Å². The van der Waals surface area contributed by atoms with Gasteiger partial charge in [-0.1, -0.05) is 53.4 Å². The first-order valence-electron chi connectivity index (χ1n) is 5.16. The van der Waals surface area contributed by atoms with Crippen LogP contribution in [0.1, 0.15) is 11.7 Å². The molecule has 4 nitrogen and oxygen atoms in total. The molecule has 0 aliphatic heterocycles. The van der Waals surface area contributed by atoms with E-state index in [1.165, 1.54) is 23.1 Å². The minimum Gasteiger partial charge on any atom is -0.388 e. The first-order chi connectivity index (χ1) is 8.29. The maximum Gasteiger partial charge on any atom is 0.206 e. The topological polar surface area (TPSA) is 58.0 Å². The highest BCUT2D eigenvalue weighted by Gasteiger charge is 2.10. The van der Waals surface area contributed by atoms with E-state index in [0.29, 0.717) is 5.75 Å². The smallest absolute Gasteiger partial charge is 0.206 e. The molecule has 0 aliphatic carbocycles. The van der Waals surface area contributed by atoms with Gasteiger partial charge in [0.25, 0.3) is 0 Å². The molecule has 2 rings (SSSR count). The Morgan fingerprint density at radius 1 is 1.35 bits per heavy atom. The SMILES string of the molecule is CNc1nnc(SC[C@H](O)c2ccccc2)s1. The van der Waals surface area contributed by atoms with Gasteiger partial charge in [0.05, 0.1) is 6.10 Å². The zero-order chi connectivity index (χ0) is 12.1. The monoisotopic (exact) mass is 267 g/mol. The third-order valence-electron chi connectivity index (χ3n) is 2.17. The van der Waals surface area contributed by atoms with Crippen molar-refractivity contribution in [2.24, 2.45) is 0 Å². The molecule has 0 bridgehead atoms. The van der Waals surface area contributed by atoms with Gasteiger partial charge in [-0.25, -0.2) is 0 Å². The second kappa shape index (κ2) is 6.00. The maximum absolute atomic E-state index is 9.97. The number of benzene rings is 1. The maximum atomic E-state index is 9.97. The molecule has 0 aliphatic rings. The van der Waals surface area contributed by atoms with Crippen molar-refractivity contribution in [3.63, 3.8) is 0 Å². The van der Waals surface area contributed by atoms with Crippen LogP contribution in [0.25, 0.3) is 0 Å². The van der Waals surface area contributed by atoms with Crippen LogP contribution in [0.2, 0.25) is 0 Å². The summed E-state index contributed by atoms with van der Waals surface area (Å²) in [5.41, 5.74) is 0.929. The molecule has 2 N–H and O–H groups in total. The number of thioether (sulfide) groups is 1. The third kappa shape index (κ3) is 3.42. The molecule has 0 fully saturated rings. The van der Waals surface area contributed by atoms with Crippen LogP contribution in [0.4, 0.5) is 5.13 Å². The van der Waals surface area contributed by atoms with Crippen molar-refractivity contribution in [1.29, 1.82) is 0 Å². The van der Waals surface area contributed by atoms with E-state index in [4.69, 9.17) is 0 Å². The molecule has 0 saturated heterocycles. The molecule has 17 heavy (non-hydrogen) atoms. The number of rotatable bonds is 5. The summed E-state index contributed by atoms with van der Waals surface area (Å²) in [5.74, 6) is 0.586. The lowest BCUT2D eigenvalue weighted by molar-refractivity contribution is 0.204. The number of aliphatic hydroxyl groups excluding tert-OH is 1. The molecule has 90 valence electrons. The highest BCUT2D eigenvalue weighted by Crippen LogP contribution is 2.28. The number of aliphatic hydroxyl groups is 1. The van der Waals surface area contributed by atoms with Gasteiger partial charge in [-0.3, -0.25) is 0 Å². The van der Waals surface area contributed by atoms with E-state index in [2.05, 4.69) is 15.5 Å². The minimum absolute atomic E-state index is 0.469. The fraction of sp³-hybridized carbons (Fsp3) is 0.273. The van der Waals surface area contributed by atoms with Gasteiger partial charge >= 0.3 is 0 Å². The second-order valence-corrected chi connectivity index (χ2v) is 5.61. The summed E-state index contributed by atoms with van der Waals surface area (Å²) in [4.78, 5) is 0. The average molecular weight is 267 g/mol. The van der Waals surface area contributed by atoms with E-state index in [1.54, 1.807) is 0 Å². The normalized spacial score (nSPS) is 12.4. The first kappa shape index (κ1) is 12.3. The fourth-order valence-corrected chi connectivity index (χ4v) is 2.99. The van der Waals surface area contributed by atoms with E-state index in [-0.39, 0.29) is 0 Å². The Bertz CT molecular complexity index is 461. The van der Waals surface area contributed by atoms with Crippen LogP contribution in [0.3, 0.4) is 0 Å².